The van der Waals surface area contributed by atoms with Gasteiger partial charge in [-0.25, -0.2) is 9.99 Å². The summed E-state index contributed by atoms with van der Waals surface area (Å²) in [4.78, 5) is 15.1. The van der Waals surface area contributed by atoms with Gasteiger partial charge in [-0.3, -0.25) is 4.79 Å². The Hall–Kier alpha value is -1.86. The molecule has 92 valence electrons. The van der Waals surface area contributed by atoms with Crippen LogP contribution < -0.4 is 16.9 Å². The van der Waals surface area contributed by atoms with Crippen LogP contribution in [0.25, 0.3) is 0 Å². The largest absolute Gasteiger partial charge is 0.396 e. The average molecular weight is 237 g/mol. The summed E-state index contributed by atoms with van der Waals surface area (Å²) >= 11 is 0. The number of nitrogen functional groups attached to an aromatic ring is 1. The first-order valence-electron chi connectivity index (χ1n) is 5.32. The van der Waals surface area contributed by atoms with Gasteiger partial charge < -0.3 is 21.6 Å². The minimum Gasteiger partial charge on any atom is -0.396 e. The average Bonchev–Trinajstić information content (AvgIpc) is 2.33. The lowest BCUT2D eigenvalue weighted by atomic mass is 10.3. The van der Waals surface area contributed by atoms with Crippen molar-refractivity contribution in [2.75, 3.05) is 37.5 Å². The molecule has 0 spiro atoms. The second kappa shape index (κ2) is 4.98. The molecule has 1 saturated heterocycles. The molecule has 1 amide bonds. The van der Waals surface area contributed by atoms with E-state index in [1.54, 1.807) is 6.07 Å². The van der Waals surface area contributed by atoms with Gasteiger partial charge in [0, 0.05) is 13.1 Å². The van der Waals surface area contributed by atoms with Gasteiger partial charge in [0.25, 0.3) is 5.91 Å². The number of carbonyl (C=O) groups excluding carboxylic acids is 1. The van der Waals surface area contributed by atoms with Crippen LogP contribution in [0.4, 0.5) is 11.5 Å². The second-order valence-electron chi connectivity index (χ2n) is 3.71. The van der Waals surface area contributed by atoms with E-state index in [4.69, 9.17) is 16.2 Å². The summed E-state index contributed by atoms with van der Waals surface area (Å²) in [6.07, 6.45) is 0. The summed E-state index contributed by atoms with van der Waals surface area (Å²) in [6, 6.07) is 3.11. The predicted molar refractivity (Wildman–Crippen MR) is 63.2 cm³/mol. The highest BCUT2D eigenvalue weighted by Crippen LogP contribution is 2.16. The van der Waals surface area contributed by atoms with Crippen LogP contribution in [-0.2, 0) is 4.74 Å². The molecule has 0 unspecified atom stereocenters. The molecule has 0 saturated carbocycles. The highest BCUT2D eigenvalue weighted by molar-refractivity contribution is 5.91. The number of hydrogen-bond donors (Lipinski definition) is 3. The van der Waals surface area contributed by atoms with Crippen LogP contribution in [0.5, 0.6) is 0 Å². The van der Waals surface area contributed by atoms with Crippen molar-refractivity contribution in [1.29, 1.82) is 0 Å². The van der Waals surface area contributed by atoms with Crippen LogP contribution >= 0.6 is 0 Å². The maximum Gasteiger partial charge on any atom is 0.267 e. The third-order valence-corrected chi connectivity index (χ3v) is 2.45. The van der Waals surface area contributed by atoms with Crippen molar-refractivity contribution < 1.29 is 9.53 Å². The Morgan fingerprint density at radius 1 is 1.41 bits per heavy atom. The molecule has 1 aromatic heterocycles. The molecule has 7 nitrogen and oxygen atoms in total. The Kier molecular flexibility index (Phi) is 3.40. The molecule has 2 heterocycles. The summed E-state index contributed by atoms with van der Waals surface area (Å²) in [7, 11) is 0. The van der Waals surface area contributed by atoms with E-state index in [1.165, 1.54) is 6.07 Å². The van der Waals surface area contributed by atoms with Crippen LogP contribution in [0.1, 0.15) is 10.5 Å². The van der Waals surface area contributed by atoms with Crippen molar-refractivity contribution >= 4 is 17.4 Å². The fourth-order valence-corrected chi connectivity index (χ4v) is 1.52. The first-order chi connectivity index (χ1) is 8.16. The summed E-state index contributed by atoms with van der Waals surface area (Å²) in [5.41, 5.74) is 14.7. The van der Waals surface area contributed by atoms with Crippen LogP contribution in [0.15, 0.2) is 12.1 Å². The van der Waals surface area contributed by atoms with Gasteiger partial charge in [0.1, 0.15) is 5.69 Å². The lowest BCUT2D eigenvalue weighted by molar-refractivity contribution is 0.0495. The Labute approximate surface area is 98.7 Å². The van der Waals surface area contributed by atoms with Crippen molar-refractivity contribution in [2.45, 2.75) is 0 Å². The number of primary amides is 1. The maximum atomic E-state index is 11.0. The molecule has 5 N–H and O–H groups in total. The van der Waals surface area contributed by atoms with E-state index in [9.17, 15) is 4.79 Å². The Morgan fingerprint density at radius 3 is 2.76 bits per heavy atom. The van der Waals surface area contributed by atoms with E-state index in [1.807, 2.05) is 5.01 Å². The quantitative estimate of drug-likeness (QED) is 0.649. The molecule has 0 bridgehead atoms. The fourth-order valence-electron chi connectivity index (χ4n) is 1.52. The Bertz CT molecular complexity index is 417. The number of nitrogens with zero attached hydrogens (tertiary/aromatic N) is 2. The third-order valence-electron chi connectivity index (χ3n) is 2.45. The lowest BCUT2D eigenvalue weighted by Gasteiger charge is -2.27. The molecule has 0 aliphatic carbocycles. The van der Waals surface area contributed by atoms with Gasteiger partial charge in [-0.05, 0) is 12.1 Å². The van der Waals surface area contributed by atoms with Gasteiger partial charge in [0.05, 0.1) is 18.9 Å². The van der Waals surface area contributed by atoms with Crippen LogP contribution in [-0.4, -0.2) is 42.2 Å². The summed E-state index contributed by atoms with van der Waals surface area (Å²) in [6.45, 7) is 2.79. The number of rotatable bonds is 3. The van der Waals surface area contributed by atoms with E-state index in [0.29, 0.717) is 24.7 Å². The zero-order chi connectivity index (χ0) is 12.3. The van der Waals surface area contributed by atoms with Crippen molar-refractivity contribution in [3.05, 3.63) is 17.8 Å². The number of hydrogen-bond acceptors (Lipinski definition) is 6. The molecule has 2 rings (SSSR count). The molecule has 17 heavy (non-hydrogen) atoms. The first kappa shape index (κ1) is 11.6. The van der Waals surface area contributed by atoms with E-state index >= 15 is 0 Å². The first-order valence-corrected chi connectivity index (χ1v) is 5.32. The van der Waals surface area contributed by atoms with Gasteiger partial charge in [0.15, 0.2) is 5.82 Å². The molecule has 1 aliphatic heterocycles. The normalized spacial score (nSPS) is 16.7. The summed E-state index contributed by atoms with van der Waals surface area (Å²) in [5, 5.41) is 1.94. The number of hydrazine groups is 1. The zero-order valence-electron chi connectivity index (χ0n) is 9.35. The standard InChI is InChI=1S/C10H15N5O2/c11-7-1-2-8(9(12)16)13-10(7)14-15-3-5-17-6-4-15/h1-2H,3-6,11H2,(H2,12,16)(H,13,14). The molecule has 1 aliphatic rings. The number of pyridine rings is 1. The molecule has 0 aromatic carbocycles. The molecule has 0 radical (unpaired) electrons. The van der Waals surface area contributed by atoms with Gasteiger partial charge in [0.2, 0.25) is 0 Å². The number of nitrogens with two attached hydrogens (primary N) is 2. The molecular weight excluding hydrogens is 222 g/mol. The number of amides is 1. The fraction of sp³-hybridized carbons (Fsp3) is 0.400. The number of aromatic nitrogens is 1. The van der Waals surface area contributed by atoms with E-state index < -0.39 is 5.91 Å². The van der Waals surface area contributed by atoms with Gasteiger partial charge in [-0.15, -0.1) is 0 Å². The summed E-state index contributed by atoms with van der Waals surface area (Å²) in [5.74, 6) is -0.127. The number of carbonyl (C=O) groups is 1. The zero-order valence-corrected chi connectivity index (χ0v) is 9.35. The van der Waals surface area contributed by atoms with E-state index in [0.717, 1.165) is 13.1 Å². The summed E-state index contributed by atoms with van der Waals surface area (Å²) < 4.78 is 5.22. The molecule has 1 aromatic rings. The van der Waals surface area contributed by atoms with Gasteiger partial charge >= 0.3 is 0 Å². The minimum atomic E-state index is -0.574. The van der Waals surface area contributed by atoms with Gasteiger partial charge in [-0.2, -0.15) is 0 Å². The van der Waals surface area contributed by atoms with Crippen molar-refractivity contribution in [1.82, 2.24) is 9.99 Å². The SMILES string of the molecule is NC(=O)c1ccc(N)c(NN2CCOCC2)n1. The molecule has 0 atom stereocenters. The Balaban J connectivity index is 2.13. The van der Waals surface area contributed by atoms with Crippen molar-refractivity contribution in [3.8, 4) is 0 Å². The number of morpholine rings is 1. The smallest absolute Gasteiger partial charge is 0.267 e. The van der Waals surface area contributed by atoms with Gasteiger partial charge in [-0.1, -0.05) is 0 Å². The Morgan fingerprint density at radius 2 is 2.12 bits per heavy atom. The van der Waals surface area contributed by atoms with E-state index in [-0.39, 0.29) is 5.69 Å². The maximum absolute atomic E-state index is 11.0. The van der Waals surface area contributed by atoms with Crippen molar-refractivity contribution in [3.63, 3.8) is 0 Å². The topological polar surface area (TPSA) is 106 Å². The molecular formula is C10H15N5O2. The number of anilines is 2. The highest BCUT2D eigenvalue weighted by atomic mass is 16.5. The van der Waals surface area contributed by atoms with E-state index in [2.05, 4.69) is 10.4 Å². The van der Waals surface area contributed by atoms with Crippen LogP contribution in [0, 0.1) is 0 Å². The predicted octanol–water partition coefficient (Wildman–Crippen LogP) is -0.578. The highest BCUT2D eigenvalue weighted by Gasteiger charge is 2.13. The monoisotopic (exact) mass is 237 g/mol. The molecule has 7 heteroatoms. The van der Waals surface area contributed by atoms with Crippen LogP contribution in [0.2, 0.25) is 0 Å². The van der Waals surface area contributed by atoms with Crippen LogP contribution in [0.3, 0.4) is 0 Å². The second-order valence-corrected chi connectivity index (χ2v) is 3.71. The van der Waals surface area contributed by atoms with Crippen molar-refractivity contribution in [2.24, 2.45) is 5.73 Å². The lowest BCUT2D eigenvalue weighted by Crippen LogP contribution is -2.40. The minimum absolute atomic E-state index is 0.190. The number of ether oxygens (including phenoxy) is 1. The third kappa shape index (κ3) is 2.83. The molecule has 1 fully saturated rings. The number of nitrogens with one attached hydrogen (secondary N) is 1.